The molecule has 0 aliphatic carbocycles. The summed E-state index contributed by atoms with van der Waals surface area (Å²) in [5.41, 5.74) is 0. The molecular weight excluding hydrogens is 859 g/mol. The van der Waals surface area contributed by atoms with Crippen molar-refractivity contribution in [3.05, 3.63) is 12.2 Å². The second kappa shape index (κ2) is 40.3. The lowest BCUT2D eigenvalue weighted by atomic mass is 9.97. The molecule has 2 saturated heterocycles. The summed E-state index contributed by atoms with van der Waals surface area (Å²) in [5, 5.41) is 86.6. The second-order valence-corrected chi connectivity index (χ2v) is 19.7. The van der Waals surface area contributed by atoms with Crippen LogP contribution in [0.4, 0.5) is 0 Å². The van der Waals surface area contributed by atoms with Gasteiger partial charge in [0.1, 0.15) is 48.8 Å². The molecule has 0 radical (unpaired) electrons. The number of rotatable bonds is 43. The highest BCUT2D eigenvalue weighted by atomic mass is 16.7. The van der Waals surface area contributed by atoms with E-state index in [-0.39, 0.29) is 18.9 Å². The van der Waals surface area contributed by atoms with Gasteiger partial charge in [0.2, 0.25) is 5.91 Å². The van der Waals surface area contributed by atoms with Crippen LogP contribution in [0.5, 0.6) is 0 Å². The molecule has 14 nitrogen and oxygen atoms in total. The molecule has 0 aromatic heterocycles. The van der Waals surface area contributed by atoms with Crippen LogP contribution in [0.1, 0.15) is 226 Å². The smallest absolute Gasteiger partial charge is 0.220 e. The number of hydrogen-bond acceptors (Lipinski definition) is 13. The minimum Gasteiger partial charge on any atom is -0.394 e. The Kier molecular flexibility index (Phi) is 37.2. The van der Waals surface area contributed by atoms with Gasteiger partial charge in [0.25, 0.3) is 0 Å². The van der Waals surface area contributed by atoms with Gasteiger partial charge in [0.15, 0.2) is 12.6 Å². The quantitative estimate of drug-likeness (QED) is 0.0209. The Bertz CT molecular complexity index is 1180. The van der Waals surface area contributed by atoms with Crippen LogP contribution in [-0.4, -0.2) is 140 Å². The fraction of sp³-hybridized carbons (Fsp3) is 0.943. The van der Waals surface area contributed by atoms with Gasteiger partial charge in [-0.05, 0) is 19.3 Å². The number of amides is 1. The summed E-state index contributed by atoms with van der Waals surface area (Å²) < 4.78 is 22.7. The van der Waals surface area contributed by atoms with Crippen molar-refractivity contribution in [1.29, 1.82) is 0 Å². The maximum Gasteiger partial charge on any atom is 0.220 e. The molecule has 67 heavy (non-hydrogen) atoms. The number of allylic oxidation sites excluding steroid dienone is 1. The topological polar surface area (TPSA) is 228 Å². The fourth-order valence-electron chi connectivity index (χ4n) is 9.23. The van der Waals surface area contributed by atoms with Gasteiger partial charge in [-0.3, -0.25) is 4.79 Å². The number of hydrogen-bond donors (Lipinski definition) is 9. The molecule has 4 unspecified atom stereocenters. The predicted octanol–water partition coefficient (Wildman–Crippen LogP) is 7.94. The minimum atomic E-state index is -1.78. The Balaban J connectivity index is 1.70. The van der Waals surface area contributed by atoms with Crippen LogP contribution in [-0.2, 0) is 23.7 Å². The molecule has 2 rings (SSSR count). The first-order chi connectivity index (χ1) is 32.6. The molecule has 2 heterocycles. The van der Waals surface area contributed by atoms with Crippen molar-refractivity contribution in [3.8, 4) is 0 Å². The Hall–Kier alpha value is -1.27. The highest BCUT2D eigenvalue weighted by molar-refractivity contribution is 5.76. The largest absolute Gasteiger partial charge is 0.394 e. The number of aliphatic hydroxyl groups excluding tert-OH is 8. The third-order valence-electron chi connectivity index (χ3n) is 13.7. The van der Waals surface area contributed by atoms with Crippen molar-refractivity contribution < 1.29 is 64.6 Å². The van der Waals surface area contributed by atoms with E-state index in [0.717, 1.165) is 38.5 Å². The highest BCUT2D eigenvalue weighted by Crippen LogP contribution is 2.30. The second-order valence-electron chi connectivity index (χ2n) is 19.7. The Morgan fingerprint density at radius 3 is 1.37 bits per heavy atom. The normalized spacial score (nSPS) is 26.6. The van der Waals surface area contributed by atoms with Crippen molar-refractivity contribution in [1.82, 2.24) is 5.32 Å². The molecule has 2 fully saturated rings. The van der Waals surface area contributed by atoms with Crippen LogP contribution < -0.4 is 5.32 Å². The van der Waals surface area contributed by atoms with Crippen LogP contribution in [0.3, 0.4) is 0 Å². The van der Waals surface area contributed by atoms with Crippen molar-refractivity contribution in [2.24, 2.45) is 0 Å². The van der Waals surface area contributed by atoms with Crippen molar-refractivity contribution in [2.45, 2.75) is 299 Å². The van der Waals surface area contributed by atoms with Crippen LogP contribution in [0.2, 0.25) is 0 Å². The lowest BCUT2D eigenvalue weighted by Crippen LogP contribution is -2.65. The summed E-state index contributed by atoms with van der Waals surface area (Å²) in [4.78, 5) is 13.2. The third kappa shape index (κ3) is 27.2. The van der Waals surface area contributed by atoms with Crippen molar-refractivity contribution in [3.63, 3.8) is 0 Å². The molecule has 14 heteroatoms. The number of nitrogens with one attached hydrogen (secondary N) is 1. The maximum absolute atomic E-state index is 13.2. The first kappa shape index (κ1) is 61.8. The molecule has 2 aliphatic heterocycles. The number of carbonyl (C=O) groups is 1. The molecular formula is C53H101NO13. The average molecular weight is 960 g/mol. The predicted molar refractivity (Wildman–Crippen MR) is 263 cm³/mol. The summed E-state index contributed by atoms with van der Waals surface area (Å²) in [6.07, 6.45) is 27.1. The monoisotopic (exact) mass is 960 g/mol. The van der Waals surface area contributed by atoms with E-state index in [1.54, 1.807) is 6.08 Å². The molecule has 0 spiro atoms. The van der Waals surface area contributed by atoms with Crippen LogP contribution in [0.25, 0.3) is 0 Å². The lowest BCUT2D eigenvalue weighted by molar-refractivity contribution is -0.359. The number of aliphatic hydroxyl groups is 8. The van der Waals surface area contributed by atoms with Gasteiger partial charge in [-0.1, -0.05) is 212 Å². The average Bonchev–Trinajstić information content (AvgIpc) is 3.32. The van der Waals surface area contributed by atoms with E-state index >= 15 is 0 Å². The van der Waals surface area contributed by atoms with Gasteiger partial charge in [0, 0.05) is 6.42 Å². The number of ether oxygens (including phenoxy) is 4. The third-order valence-corrected chi connectivity index (χ3v) is 13.7. The molecule has 9 N–H and O–H groups in total. The Morgan fingerprint density at radius 1 is 0.522 bits per heavy atom. The molecule has 0 bridgehead atoms. The molecule has 0 aromatic rings. The highest BCUT2D eigenvalue weighted by Gasteiger charge is 2.51. The Labute approximate surface area is 406 Å². The molecule has 12 atom stereocenters. The Morgan fingerprint density at radius 2 is 0.925 bits per heavy atom. The van der Waals surface area contributed by atoms with E-state index in [1.807, 2.05) is 6.08 Å². The minimum absolute atomic E-state index is 0.238. The molecule has 396 valence electrons. The standard InChI is InChI=1S/C53H101NO13/c1-3-5-7-9-11-13-14-15-16-17-18-19-20-21-22-23-24-25-26-27-29-31-33-35-37-45(58)54-41(42(57)36-34-32-30-28-12-10-8-6-4-2)40-64-52-50(63)48(61)51(44(39-56)66-52)67-53-49(62)47(60)46(59)43(38-55)65-53/h34,36,41-44,46-53,55-57,59-63H,3-33,35,37-40H2,1-2H3,(H,54,58)/b36-34+/t41-,42+,43+,44+,46-,47?,48?,49?,50?,51+,52+,53-/m0/s1. The fourth-order valence-corrected chi connectivity index (χ4v) is 9.23. The van der Waals surface area contributed by atoms with Gasteiger partial charge < -0.3 is 65.1 Å². The molecule has 1 amide bonds. The summed E-state index contributed by atoms with van der Waals surface area (Å²) in [6, 6.07) is -0.907. The van der Waals surface area contributed by atoms with Gasteiger partial charge in [0.05, 0.1) is 32.0 Å². The van der Waals surface area contributed by atoms with E-state index in [0.29, 0.717) is 6.42 Å². The van der Waals surface area contributed by atoms with E-state index in [4.69, 9.17) is 18.9 Å². The van der Waals surface area contributed by atoms with E-state index < -0.39 is 86.8 Å². The van der Waals surface area contributed by atoms with Gasteiger partial charge in [-0.15, -0.1) is 0 Å². The molecule has 2 aliphatic rings. The zero-order valence-electron chi connectivity index (χ0n) is 42.2. The zero-order valence-corrected chi connectivity index (χ0v) is 42.2. The van der Waals surface area contributed by atoms with Gasteiger partial charge in [-0.2, -0.15) is 0 Å². The van der Waals surface area contributed by atoms with Gasteiger partial charge >= 0.3 is 0 Å². The van der Waals surface area contributed by atoms with E-state index in [1.165, 1.54) is 161 Å². The zero-order chi connectivity index (χ0) is 48.9. The first-order valence-corrected chi connectivity index (χ1v) is 27.4. The van der Waals surface area contributed by atoms with Crippen LogP contribution >= 0.6 is 0 Å². The van der Waals surface area contributed by atoms with Gasteiger partial charge in [-0.25, -0.2) is 0 Å². The number of carbonyl (C=O) groups excluding carboxylic acids is 1. The maximum atomic E-state index is 13.2. The summed E-state index contributed by atoms with van der Waals surface area (Å²) in [6.45, 7) is 2.77. The summed E-state index contributed by atoms with van der Waals surface area (Å²) in [5.74, 6) is -0.238. The first-order valence-electron chi connectivity index (χ1n) is 27.4. The SMILES string of the molecule is CCCCCCCCC/C=C/[C@@H](O)[C@H](CO[C@@H]1O[C@H](CO)[C@@H](O[C@@H]2O[C@H](CO)[C@H](O)C(O)C2O)C(O)C1O)NC(=O)CCCCCCCCCCCCCCCCCCCCCCCCCC. The van der Waals surface area contributed by atoms with Crippen LogP contribution in [0.15, 0.2) is 12.2 Å². The van der Waals surface area contributed by atoms with Crippen LogP contribution in [0, 0.1) is 0 Å². The summed E-state index contributed by atoms with van der Waals surface area (Å²) in [7, 11) is 0. The van der Waals surface area contributed by atoms with E-state index in [2.05, 4.69) is 19.2 Å². The van der Waals surface area contributed by atoms with Crippen molar-refractivity contribution >= 4 is 5.91 Å². The summed E-state index contributed by atoms with van der Waals surface area (Å²) >= 11 is 0. The molecule has 0 aromatic carbocycles. The number of unbranched alkanes of at least 4 members (excludes halogenated alkanes) is 30. The van der Waals surface area contributed by atoms with E-state index in [9.17, 15) is 45.6 Å². The van der Waals surface area contributed by atoms with Crippen molar-refractivity contribution in [2.75, 3.05) is 19.8 Å². The molecule has 0 saturated carbocycles. The lowest BCUT2D eigenvalue weighted by Gasteiger charge is -2.46.